The first kappa shape index (κ1) is 21.1. The molecule has 3 aromatic rings. The molecule has 5 nitrogen and oxygen atoms in total. The van der Waals surface area contributed by atoms with E-state index in [1.807, 2.05) is 31.2 Å². The molecule has 1 aliphatic rings. The Morgan fingerprint density at radius 1 is 0.839 bits per heavy atom. The van der Waals surface area contributed by atoms with Gasteiger partial charge in [0, 0.05) is 31.0 Å². The third-order valence-electron chi connectivity index (χ3n) is 5.29. The van der Waals surface area contributed by atoms with Gasteiger partial charge in [0.05, 0.1) is 19.8 Å². The maximum Gasteiger partial charge on any atom is 0.161 e. The summed E-state index contributed by atoms with van der Waals surface area (Å²) in [5, 5.41) is 3.50. The van der Waals surface area contributed by atoms with Gasteiger partial charge in [-0.25, -0.2) is 0 Å². The lowest BCUT2D eigenvalue weighted by atomic mass is 10.2. The van der Waals surface area contributed by atoms with Crippen LogP contribution in [0.3, 0.4) is 0 Å². The van der Waals surface area contributed by atoms with Crippen molar-refractivity contribution >= 4 is 11.4 Å². The third-order valence-corrected chi connectivity index (χ3v) is 5.29. The lowest BCUT2D eigenvalue weighted by molar-refractivity contribution is 0.122. The maximum absolute atomic E-state index is 6.01. The van der Waals surface area contributed by atoms with E-state index < -0.39 is 0 Å². The van der Waals surface area contributed by atoms with E-state index in [1.165, 1.54) is 5.69 Å². The summed E-state index contributed by atoms with van der Waals surface area (Å²) in [7, 11) is 0. The minimum Gasteiger partial charge on any atom is -0.490 e. The lowest BCUT2D eigenvalue weighted by Gasteiger charge is -2.29. The smallest absolute Gasteiger partial charge is 0.161 e. The highest BCUT2D eigenvalue weighted by Crippen LogP contribution is 2.30. The van der Waals surface area contributed by atoms with E-state index in [4.69, 9.17) is 14.2 Å². The van der Waals surface area contributed by atoms with Crippen molar-refractivity contribution in [3.63, 3.8) is 0 Å². The molecule has 31 heavy (non-hydrogen) atoms. The average molecular weight is 419 g/mol. The van der Waals surface area contributed by atoms with Gasteiger partial charge in [-0.2, -0.15) is 0 Å². The molecule has 1 N–H and O–H groups in total. The number of anilines is 2. The van der Waals surface area contributed by atoms with Gasteiger partial charge in [-0.3, -0.25) is 0 Å². The summed E-state index contributed by atoms with van der Waals surface area (Å²) in [5.41, 5.74) is 4.62. The Labute approximate surface area is 184 Å². The topological polar surface area (TPSA) is 43.0 Å². The zero-order valence-corrected chi connectivity index (χ0v) is 18.0. The van der Waals surface area contributed by atoms with Crippen LogP contribution in [0.5, 0.6) is 11.5 Å². The maximum atomic E-state index is 6.01. The van der Waals surface area contributed by atoms with Crippen LogP contribution in [0.4, 0.5) is 11.4 Å². The molecule has 0 unspecified atom stereocenters. The molecule has 5 heteroatoms. The highest BCUT2D eigenvalue weighted by molar-refractivity contribution is 5.55. The first-order chi connectivity index (χ1) is 15.3. The van der Waals surface area contributed by atoms with E-state index >= 15 is 0 Å². The Hall–Kier alpha value is -3.18. The number of nitrogens with zero attached hydrogens (tertiary/aromatic N) is 1. The van der Waals surface area contributed by atoms with Crippen molar-refractivity contribution in [1.29, 1.82) is 0 Å². The molecule has 1 heterocycles. The van der Waals surface area contributed by atoms with Crippen LogP contribution in [-0.2, 0) is 17.9 Å². The van der Waals surface area contributed by atoms with Crippen molar-refractivity contribution in [2.24, 2.45) is 0 Å². The summed E-state index contributed by atoms with van der Waals surface area (Å²) in [5.74, 6) is 1.55. The zero-order valence-electron chi connectivity index (χ0n) is 18.0. The van der Waals surface area contributed by atoms with E-state index in [1.54, 1.807) is 0 Å². The molecule has 1 aliphatic heterocycles. The first-order valence-corrected chi connectivity index (χ1v) is 10.9. The van der Waals surface area contributed by atoms with Crippen LogP contribution in [0.1, 0.15) is 18.1 Å². The summed E-state index contributed by atoms with van der Waals surface area (Å²) in [4.78, 5) is 2.36. The molecule has 162 valence electrons. The van der Waals surface area contributed by atoms with Gasteiger partial charge in [-0.15, -0.1) is 0 Å². The van der Waals surface area contributed by atoms with Gasteiger partial charge in [0.15, 0.2) is 11.5 Å². The number of ether oxygens (including phenoxy) is 3. The van der Waals surface area contributed by atoms with Crippen LogP contribution in [-0.4, -0.2) is 32.9 Å². The molecular weight excluding hydrogens is 388 g/mol. The normalized spacial score (nSPS) is 13.6. The van der Waals surface area contributed by atoms with Crippen LogP contribution in [0.15, 0.2) is 72.8 Å². The summed E-state index contributed by atoms with van der Waals surface area (Å²) >= 11 is 0. The van der Waals surface area contributed by atoms with Crippen molar-refractivity contribution in [2.45, 2.75) is 20.1 Å². The molecule has 0 spiro atoms. The predicted molar refractivity (Wildman–Crippen MR) is 125 cm³/mol. The van der Waals surface area contributed by atoms with Crippen molar-refractivity contribution in [2.75, 3.05) is 43.1 Å². The fourth-order valence-electron chi connectivity index (χ4n) is 3.60. The van der Waals surface area contributed by atoms with Crippen molar-refractivity contribution < 1.29 is 14.2 Å². The second-order valence-electron chi connectivity index (χ2n) is 7.49. The molecular formula is C26H30N2O3. The van der Waals surface area contributed by atoms with Crippen molar-refractivity contribution in [1.82, 2.24) is 0 Å². The van der Waals surface area contributed by atoms with Crippen LogP contribution < -0.4 is 19.7 Å². The largest absolute Gasteiger partial charge is 0.490 e. The average Bonchev–Trinajstić information content (AvgIpc) is 2.84. The van der Waals surface area contributed by atoms with Gasteiger partial charge in [-0.1, -0.05) is 36.4 Å². The Bertz CT molecular complexity index is 939. The number of hydrogen-bond acceptors (Lipinski definition) is 5. The summed E-state index contributed by atoms with van der Waals surface area (Å²) in [6.07, 6.45) is 0. The van der Waals surface area contributed by atoms with E-state index in [2.05, 4.69) is 58.7 Å². The summed E-state index contributed by atoms with van der Waals surface area (Å²) in [6, 6.07) is 24.9. The molecule has 0 aliphatic carbocycles. The highest BCUT2D eigenvalue weighted by atomic mass is 16.5. The molecule has 4 rings (SSSR count). The van der Waals surface area contributed by atoms with Crippen LogP contribution >= 0.6 is 0 Å². The second-order valence-corrected chi connectivity index (χ2v) is 7.49. The molecule has 3 aromatic carbocycles. The van der Waals surface area contributed by atoms with Crippen LogP contribution in [0.25, 0.3) is 0 Å². The van der Waals surface area contributed by atoms with Crippen LogP contribution in [0, 0.1) is 0 Å². The van der Waals surface area contributed by atoms with Crippen molar-refractivity contribution in [3.8, 4) is 11.5 Å². The molecule has 0 saturated carbocycles. The van der Waals surface area contributed by atoms with Gasteiger partial charge in [0.1, 0.15) is 6.61 Å². The van der Waals surface area contributed by atoms with Crippen LogP contribution in [0.2, 0.25) is 0 Å². The van der Waals surface area contributed by atoms with Gasteiger partial charge in [0.2, 0.25) is 0 Å². The van der Waals surface area contributed by atoms with Crippen molar-refractivity contribution in [3.05, 3.63) is 83.9 Å². The monoisotopic (exact) mass is 418 g/mol. The Kier molecular flexibility index (Phi) is 7.29. The number of nitrogens with one attached hydrogen (secondary N) is 1. The van der Waals surface area contributed by atoms with E-state index in [0.29, 0.717) is 13.2 Å². The minimum atomic E-state index is 0.522. The fraction of sp³-hybridized carbons (Fsp3) is 0.308. The summed E-state index contributed by atoms with van der Waals surface area (Å²) in [6.45, 7) is 7.32. The second kappa shape index (κ2) is 10.7. The summed E-state index contributed by atoms with van der Waals surface area (Å²) < 4.78 is 17.3. The molecule has 0 aromatic heterocycles. The molecule has 0 bridgehead atoms. The quantitative estimate of drug-likeness (QED) is 0.523. The lowest BCUT2D eigenvalue weighted by Crippen LogP contribution is -2.36. The Morgan fingerprint density at radius 2 is 1.61 bits per heavy atom. The number of rotatable bonds is 9. The SMILES string of the molecule is CCOc1cc(CNc2ccc(N3CCOCC3)cc2)ccc1OCc1ccccc1. The van der Waals surface area contributed by atoms with Gasteiger partial charge < -0.3 is 24.4 Å². The first-order valence-electron chi connectivity index (χ1n) is 10.9. The zero-order chi connectivity index (χ0) is 21.3. The Morgan fingerprint density at radius 3 is 2.35 bits per heavy atom. The predicted octanol–water partition coefficient (Wildman–Crippen LogP) is 5.11. The van der Waals surface area contributed by atoms with Gasteiger partial charge in [-0.05, 0) is 54.4 Å². The standard InChI is InChI=1S/C26H30N2O3/c1-2-30-26-18-22(8-13-25(26)31-20-21-6-4-3-5-7-21)19-27-23-9-11-24(12-10-23)28-14-16-29-17-15-28/h3-13,18,27H,2,14-17,19-20H2,1H3. The fourth-order valence-corrected chi connectivity index (χ4v) is 3.60. The van der Waals surface area contributed by atoms with Gasteiger partial charge in [0.25, 0.3) is 0 Å². The number of morpholine rings is 1. The molecule has 0 amide bonds. The third kappa shape index (κ3) is 5.92. The van der Waals surface area contributed by atoms with E-state index in [0.717, 1.165) is 61.2 Å². The molecule has 1 saturated heterocycles. The molecule has 1 fully saturated rings. The Balaban J connectivity index is 1.36. The molecule has 0 radical (unpaired) electrons. The highest BCUT2D eigenvalue weighted by Gasteiger charge is 2.11. The number of benzene rings is 3. The number of hydrogen-bond donors (Lipinski definition) is 1. The van der Waals surface area contributed by atoms with Gasteiger partial charge >= 0.3 is 0 Å². The molecule has 0 atom stereocenters. The van der Waals surface area contributed by atoms with E-state index in [9.17, 15) is 0 Å². The minimum absolute atomic E-state index is 0.522. The van der Waals surface area contributed by atoms with E-state index in [-0.39, 0.29) is 0 Å².